The van der Waals surface area contributed by atoms with E-state index in [0.717, 1.165) is 54.4 Å². The van der Waals surface area contributed by atoms with Gasteiger partial charge in [0.1, 0.15) is 0 Å². The van der Waals surface area contributed by atoms with Crippen LogP contribution in [0.1, 0.15) is 18.5 Å². The molecule has 0 aliphatic carbocycles. The Balaban J connectivity index is 1.41. The number of hydrogen-bond acceptors (Lipinski definition) is 4. The fourth-order valence-corrected chi connectivity index (χ4v) is 3.94. The van der Waals surface area contributed by atoms with Gasteiger partial charge in [0.25, 0.3) is 0 Å². The van der Waals surface area contributed by atoms with Crippen molar-refractivity contribution in [3.63, 3.8) is 0 Å². The van der Waals surface area contributed by atoms with E-state index in [0.29, 0.717) is 12.5 Å². The molecule has 0 radical (unpaired) electrons. The smallest absolute Gasteiger partial charge is 0.223 e. The van der Waals surface area contributed by atoms with E-state index < -0.39 is 0 Å². The first kappa shape index (κ1) is 18.0. The SMILES string of the molecule is CN(CCCc1cc(-c2ccccc2)n[nH]1)C(=O)CC1CSCCN1. The van der Waals surface area contributed by atoms with Gasteiger partial charge in [0, 0.05) is 55.4 Å². The van der Waals surface area contributed by atoms with Crippen LogP contribution < -0.4 is 5.32 Å². The second kappa shape index (κ2) is 9.06. The molecule has 134 valence electrons. The number of carbonyl (C=O) groups excluding carboxylic acids is 1. The lowest BCUT2D eigenvalue weighted by atomic mass is 10.1. The molecular weight excluding hydrogens is 332 g/mol. The molecule has 3 rings (SSSR count). The monoisotopic (exact) mass is 358 g/mol. The van der Waals surface area contributed by atoms with Crippen molar-refractivity contribution in [2.75, 3.05) is 31.6 Å². The normalized spacial score (nSPS) is 17.4. The summed E-state index contributed by atoms with van der Waals surface area (Å²) < 4.78 is 0. The van der Waals surface area contributed by atoms with Crippen LogP contribution in [0.25, 0.3) is 11.3 Å². The first-order chi connectivity index (χ1) is 12.2. The number of hydrogen-bond donors (Lipinski definition) is 2. The van der Waals surface area contributed by atoms with Crippen LogP contribution in [0.2, 0.25) is 0 Å². The van der Waals surface area contributed by atoms with Crippen molar-refractivity contribution in [1.82, 2.24) is 20.4 Å². The number of H-pyrrole nitrogens is 1. The maximum absolute atomic E-state index is 12.3. The van der Waals surface area contributed by atoms with Gasteiger partial charge in [-0.1, -0.05) is 30.3 Å². The highest BCUT2D eigenvalue weighted by Gasteiger charge is 2.18. The van der Waals surface area contributed by atoms with Crippen LogP contribution >= 0.6 is 11.8 Å². The Morgan fingerprint density at radius 2 is 2.20 bits per heavy atom. The third kappa shape index (κ3) is 5.34. The molecule has 0 bridgehead atoms. The molecule has 6 heteroatoms. The molecule has 1 atom stereocenters. The summed E-state index contributed by atoms with van der Waals surface area (Å²) in [5.74, 6) is 2.42. The molecule has 2 aromatic rings. The van der Waals surface area contributed by atoms with Crippen molar-refractivity contribution in [3.05, 3.63) is 42.1 Å². The number of aromatic amines is 1. The molecule has 1 fully saturated rings. The molecule has 2 heterocycles. The molecule has 1 aromatic carbocycles. The van der Waals surface area contributed by atoms with Crippen molar-refractivity contribution < 1.29 is 4.79 Å². The Hall–Kier alpha value is -1.79. The highest BCUT2D eigenvalue weighted by atomic mass is 32.2. The van der Waals surface area contributed by atoms with E-state index in [1.807, 2.05) is 41.9 Å². The van der Waals surface area contributed by atoms with Gasteiger partial charge >= 0.3 is 0 Å². The summed E-state index contributed by atoms with van der Waals surface area (Å²) in [5.41, 5.74) is 3.21. The van der Waals surface area contributed by atoms with Gasteiger partial charge in [-0.3, -0.25) is 9.89 Å². The van der Waals surface area contributed by atoms with Gasteiger partial charge in [-0.2, -0.15) is 16.9 Å². The largest absolute Gasteiger partial charge is 0.346 e. The minimum Gasteiger partial charge on any atom is -0.346 e. The standard InChI is InChI=1S/C19H26N4OS/c1-23(19(24)13-17-14-25-11-9-20-17)10-5-8-16-12-18(22-21-16)15-6-3-2-4-7-15/h2-4,6-7,12,17,20H,5,8-11,13-14H2,1H3,(H,21,22). The lowest BCUT2D eigenvalue weighted by Gasteiger charge is -2.25. The van der Waals surface area contributed by atoms with Crippen molar-refractivity contribution in [2.45, 2.75) is 25.3 Å². The van der Waals surface area contributed by atoms with Gasteiger partial charge in [0.05, 0.1) is 5.69 Å². The minimum atomic E-state index is 0.231. The van der Waals surface area contributed by atoms with E-state index in [1.54, 1.807) is 0 Å². The second-order valence-corrected chi connectivity index (χ2v) is 7.64. The quantitative estimate of drug-likeness (QED) is 0.799. The summed E-state index contributed by atoms with van der Waals surface area (Å²) in [6.07, 6.45) is 2.44. The Morgan fingerprint density at radius 3 is 2.96 bits per heavy atom. The molecule has 2 N–H and O–H groups in total. The number of rotatable bonds is 7. The van der Waals surface area contributed by atoms with Crippen molar-refractivity contribution in [1.29, 1.82) is 0 Å². The first-order valence-electron chi connectivity index (χ1n) is 8.87. The molecule has 5 nitrogen and oxygen atoms in total. The van der Waals surface area contributed by atoms with Crippen LogP contribution in [0.4, 0.5) is 0 Å². The summed E-state index contributed by atoms with van der Waals surface area (Å²) in [6.45, 7) is 1.79. The van der Waals surface area contributed by atoms with Crippen LogP contribution in [0.5, 0.6) is 0 Å². The fraction of sp³-hybridized carbons (Fsp3) is 0.474. The van der Waals surface area contributed by atoms with E-state index in [4.69, 9.17) is 0 Å². The molecular formula is C19H26N4OS. The molecule has 1 aliphatic rings. The number of aryl methyl sites for hydroxylation is 1. The molecule has 1 aromatic heterocycles. The van der Waals surface area contributed by atoms with Crippen molar-refractivity contribution in [3.8, 4) is 11.3 Å². The Kier molecular flexibility index (Phi) is 6.53. The van der Waals surface area contributed by atoms with E-state index >= 15 is 0 Å². The number of amides is 1. The summed E-state index contributed by atoms with van der Waals surface area (Å²) in [4.78, 5) is 14.2. The molecule has 1 amide bonds. The van der Waals surface area contributed by atoms with E-state index in [9.17, 15) is 4.79 Å². The summed E-state index contributed by atoms with van der Waals surface area (Å²) in [5, 5.41) is 10.9. The lowest BCUT2D eigenvalue weighted by molar-refractivity contribution is -0.130. The molecule has 0 saturated carbocycles. The van der Waals surface area contributed by atoms with Gasteiger partial charge in [-0.15, -0.1) is 0 Å². The Morgan fingerprint density at radius 1 is 1.36 bits per heavy atom. The number of carbonyl (C=O) groups is 1. The van der Waals surface area contributed by atoms with E-state index in [-0.39, 0.29) is 5.91 Å². The van der Waals surface area contributed by atoms with Crippen LogP contribution in [-0.4, -0.2) is 58.7 Å². The van der Waals surface area contributed by atoms with Gasteiger partial charge in [-0.25, -0.2) is 0 Å². The zero-order valence-electron chi connectivity index (χ0n) is 14.7. The number of thioether (sulfide) groups is 1. The van der Waals surface area contributed by atoms with Crippen LogP contribution in [-0.2, 0) is 11.2 Å². The van der Waals surface area contributed by atoms with Crippen LogP contribution in [0.3, 0.4) is 0 Å². The maximum atomic E-state index is 12.3. The van der Waals surface area contributed by atoms with Gasteiger partial charge < -0.3 is 10.2 Å². The van der Waals surface area contributed by atoms with Crippen LogP contribution in [0, 0.1) is 0 Å². The summed E-state index contributed by atoms with van der Waals surface area (Å²) >= 11 is 1.93. The van der Waals surface area contributed by atoms with Crippen molar-refractivity contribution >= 4 is 17.7 Å². The highest BCUT2D eigenvalue weighted by molar-refractivity contribution is 7.99. The summed E-state index contributed by atoms with van der Waals surface area (Å²) in [7, 11) is 1.90. The molecule has 1 saturated heterocycles. The molecule has 25 heavy (non-hydrogen) atoms. The topological polar surface area (TPSA) is 61.0 Å². The predicted octanol–water partition coefficient (Wildman–Crippen LogP) is 2.56. The van der Waals surface area contributed by atoms with Gasteiger partial charge in [-0.05, 0) is 18.9 Å². The van der Waals surface area contributed by atoms with E-state index in [1.165, 1.54) is 0 Å². The zero-order valence-corrected chi connectivity index (χ0v) is 15.5. The second-order valence-electron chi connectivity index (χ2n) is 6.49. The average molecular weight is 359 g/mol. The van der Waals surface area contributed by atoms with Gasteiger partial charge in [0.2, 0.25) is 5.91 Å². The average Bonchev–Trinajstić information content (AvgIpc) is 3.12. The maximum Gasteiger partial charge on any atom is 0.223 e. The van der Waals surface area contributed by atoms with Crippen molar-refractivity contribution in [2.24, 2.45) is 0 Å². The van der Waals surface area contributed by atoms with Crippen LogP contribution in [0.15, 0.2) is 36.4 Å². The lowest BCUT2D eigenvalue weighted by Crippen LogP contribution is -2.42. The molecule has 1 unspecified atom stereocenters. The van der Waals surface area contributed by atoms with Gasteiger partial charge in [0.15, 0.2) is 0 Å². The minimum absolute atomic E-state index is 0.231. The molecule has 1 aliphatic heterocycles. The Labute approximate surface area is 153 Å². The zero-order chi connectivity index (χ0) is 17.5. The number of nitrogens with one attached hydrogen (secondary N) is 2. The van der Waals surface area contributed by atoms with E-state index in [2.05, 4.69) is 33.7 Å². The number of benzene rings is 1. The molecule has 0 spiro atoms. The third-order valence-electron chi connectivity index (χ3n) is 4.49. The third-order valence-corrected chi connectivity index (χ3v) is 5.62. The number of aromatic nitrogens is 2. The summed E-state index contributed by atoms with van der Waals surface area (Å²) in [6, 6.07) is 12.6. The fourth-order valence-electron chi connectivity index (χ4n) is 3.00. The highest BCUT2D eigenvalue weighted by Crippen LogP contribution is 2.17. The number of nitrogens with zero attached hydrogens (tertiary/aromatic N) is 2. The predicted molar refractivity (Wildman–Crippen MR) is 104 cm³/mol. The first-order valence-corrected chi connectivity index (χ1v) is 10.0. The Bertz CT molecular complexity index is 667.